The number of nitrogens with zero attached hydrogens (tertiary/aromatic N) is 4. The van der Waals surface area contributed by atoms with Gasteiger partial charge >= 0.3 is 0 Å². The third-order valence-electron chi connectivity index (χ3n) is 5.40. The Bertz CT molecular complexity index is 1440. The summed E-state index contributed by atoms with van der Waals surface area (Å²) in [6.45, 7) is 1.35. The fraction of sp³-hybridized carbons (Fsp3) is 0.273. The summed E-state index contributed by atoms with van der Waals surface area (Å²) >= 11 is 4.06. The molecule has 4 heterocycles. The molecule has 1 amide bonds. The fourth-order valence-corrected chi connectivity index (χ4v) is 6.87. The van der Waals surface area contributed by atoms with Crippen molar-refractivity contribution in [2.75, 3.05) is 29.6 Å². The molecule has 1 saturated heterocycles. The SMILES string of the molecule is CS(=O)(=O)NC1CCN(c2ccccc2NC(=O)c2csc(Sc3nnc(-c4cccs4)o3)n2)CC1. The van der Waals surface area contributed by atoms with Crippen LogP contribution in [0.4, 0.5) is 11.4 Å². The number of benzene rings is 1. The molecule has 4 aromatic rings. The Labute approximate surface area is 220 Å². The highest BCUT2D eigenvalue weighted by Crippen LogP contribution is 2.33. The number of piperidine rings is 1. The Morgan fingerprint density at radius 1 is 1.14 bits per heavy atom. The second-order valence-electron chi connectivity index (χ2n) is 8.07. The van der Waals surface area contributed by atoms with Crippen molar-refractivity contribution in [1.82, 2.24) is 19.9 Å². The summed E-state index contributed by atoms with van der Waals surface area (Å²) in [7, 11) is -3.23. The topological polar surface area (TPSA) is 130 Å². The summed E-state index contributed by atoms with van der Waals surface area (Å²) in [6.07, 6.45) is 2.55. The Balaban J connectivity index is 1.22. The molecule has 3 aromatic heterocycles. The number of carbonyl (C=O) groups excluding carboxylic acids is 1. The van der Waals surface area contributed by atoms with Gasteiger partial charge in [0.1, 0.15) is 5.69 Å². The zero-order chi connectivity index (χ0) is 25.1. The van der Waals surface area contributed by atoms with Gasteiger partial charge in [-0.3, -0.25) is 4.79 Å². The molecule has 2 N–H and O–H groups in total. The molecule has 188 valence electrons. The van der Waals surface area contributed by atoms with Crippen LogP contribution in [0, 0.1) is 0 Å². The number of hydrogen-bond acceptors (Lipinski definition) is 11. The van der Waals surface area contributed by atoms with Crippen LogP contribution in [-0.4, -0.2) is 54.9 Å². The first-order valence-corrected chi connectivity index (χ1v) is 15.4. The molecule has 0 atom stereocenters. The van der Waals surface area contributed by atoms with Crippen molar-refractivity contribution in [2.24, 2.45) is 0 Å². The number of para-hydroxylation sites is 2. The molecule has 0 radical (unpaired) electrons. The van der Waals surface area contributed by atoms with E-state index in [0.717, 1.165) is 10.6 Å². The van der Waals surface area contributed by atoms with Crippen molar-refractivity contribution < 1.29 is 17.6 Å². The van der Waals surface area contributed by atoms with E-state index in [4.69, 9.17) is 4.42 Å². The molecule has 1 aliphatic heterocycles. The van der Waals surface area contributed by atoms with Crippen LogP contribution in [0.2, 0.25) is 0 Å². The third kappa shape index (κ3) is 6.13. The molecule has 0 saturated carbocycles. The molecular formula is C22H22N6O4S4. The summed E-state index contributed by atoms with van der Waals surface area (Å²) < 4.78 is 32.0. The summed E-state index contributed by atoms with van der Waals surface area (Å²) in [5.74, 6) is 0.138. The second-order valence-corrected chi connectivity index (χ2v) is 12.9. The van der Waals surface area contributed by atoms with E-state index in [-0.39, 0.29) is 11.9 Å². The Morgan fingerprint density at radius 2 is 1.94 bits per heavy atom. The summed E-state index contributed by atoms with van der Waals surface area (Å²) in [5.41, 5.74) is 1.86. The maximum atomic E-state index is 13.0. The highest BCUT2D eigenvalue weighted by Gasteiger charge is 2.24. The smallest absolute Gasteiger partial charge is 0.284 e. The minimum absolute atomic E-state index is 0.0795. The molecule has 14 heteroatoms. The second kappa shape index (κ2) is 10.7. The number of thiazole rings is 1. The zero-order valence-corrected chi connectivity index (χ0v) is 22.3. The Hall–Kier alpha value is -2.78. The first-order valence-electron chi connectivity index (χ1n) is 11.0. The normalized spacial score (nSPS) is 14.8. The van der Waals surface area contributed by atoms with E-state index < -0.39 is 10.0 Å². The summed E-state index contributed by atoms with van der Waals surface area (Å²) in [5, 5.41) is 15.1. The number of aromatic nitrogens is 3. The van der Waals surface area contributed by atoms with Crippen LogP contribution in [0.15, 0.2) is 61.1 Å². The van der Waals surface area contributed by atoms with Gasteiger partial charge in [0.05, 0.1) is 22.5 Å². The number of rotatable bonds is 8. The van der Waals surface area contributed by atoms with Crippen molar-refractivity contribution in [1.29, 1.82) is 0 Å². The van der Waals surface area contributed by atoms with Crippen molar-refractivity contribution in [3.05, 3.63) is 52.9 Å². The van der Waals surface area contributed by atoms with Gasteiger partial charge < -0.3 is 14.6 Å². The van der Waals surface area contributed by atoms with Crippen molar-refractivity contribution in [3.63, 3.8) is 0 Å². The Morgan fingerprint density at radius 3 is 2.69 bits per heavy atom. The largest absolute Gasteiger partial charge is 0.410 e. The van der Waals surface area contributed by atoms with Gasteiger partial charge in [0.15, 0.2) is 4.34 Å². The first-order chi connectivity index (χ1) is 17.3. The number of thiophene rings is 1. The number of sulfonamides is 1. The molecule has 0 spiro atoms. The minimum Gasteiger partial charge on any atom is -0.410 e. The molecule has 5 rings (SSSR count). The quantitative estimate of drug-likeness (QED) is 0.325. The van der Waals surface area contributed by atoms with Gasteiger partial charge in [-0.1, -0.05) is 18.2 Å². The maximum Gasteiger partial charge on any atom is 0.284 e. The van der Waals surface area contributed by atoms with Gasteiger partial charge in [0.2, 0.25) is 10.0 Å². The number of hydrogen-bond donors (Lipinski definition) is 2. The molecule has 1 fully saturated rings. The van der Waals surface area contributed by atoms with Crippen LogP contribution in [0.5, 0.6) is 0 Å². The van der Waals surface area contributed by atoms with Crippen LogP contribution in [0.25, 0.3) is 10.8 Å². The van der Waals surface area contributed by atoms with Gasteiger partial charge in [-0.15, -0.1) is 32.9 Å². The lowest BCUT2D eigenvalue weighted by Crippen LogP contribution is -2.44. The lowest BCUT2D eigenvalue weighted by molar-refractivity contribution is 0.102. The van der Waals surface area contributed by atoms with E-state index in [1.807, 2.05) is 41.8 Å². The van der Waals surface area contributed by atoms with E-state index in [9.17, 15) is 13.2 Å². The maximum absolute atomic E-state index is 13.0. The third-order valence-corrected chi connectivity index (χ3v) is 8.79. The monoisotopic (exact) mass is 562 g/mol. The lowest BCUT2D eigenvalue weighted by atomic mass is 10.0. The standard InChI is InChI=1S/C22H22N6O4S4/c1-36(30,31)27-14-8-10-28(11-9-14)17-6-3-2-5-15(17)23-19(29)16-13-34-22(24-16)35-21-26-25-20(32-21)18-7-4-12-33-18/h2-7,12-14,27H,8-11H2,1H3,(H,23,29). The molecule has 1 aliphatic rings. The minimum atomic E-state index is -3.23. The zero-order valence-electron chi connectivity index (χ0n) is 19.1. The summed E-state index contributed by atoms with van der Waals surface area (Å²) in [6, 6.07) is 11.3. The highest BCUT2D eigenvalue weighted by molar-refractivity contribution is 8.00. The molecule has 10 nitrogen and oxygen atoms in total. The van der Waals surface area contributed by atoms with Crippen LogP contribution in [0.1, 0.15) is 23.3 Å². The number of amides is 1. The van der Waals surface area contributed by atoms with Crippen LogP contribution < -0.4 is 14.9 Å². The first kappa shape index (κ1) is 24.9. The highest BCUT2D eigenvalue weighted by atomic mass is 32.2. The van der Waals surface area contributed by atoms with Crippen LogP contribution in [-0.2, 0) is 10.0 Å². The predicted molar refractivity (Wildman–Crippen MR) is 141 cm³/mol. The average molecular weight is 563 g/mol. The molecule has 1 aromatic carbocycles. The van der Waals surface area contributed by atoms with E-state index in [1.165, 1.54) is 40.7 Å². The lowest BCUT2D eigenvalue weighted by Gasteiger charge is -2.34. The Kier molecular flexibility index (Phi) is 7.39. The number of anilines is 2. The molecule has 0 aliphatic carbocycles. The van der Waals surface area contributed by atoms with Crippen molar-refractivity contribution in [3.8, 4) is 10.8 Å². The molecule has 0 bridgehead atoms. The van der Waals surface area contributed by atoms with Gasteiger partial charge in [-0.05, 0) is 36.4 Å². The average Bonchev–Trinajstić information content (AvgIpc) is 3.61. The van der Waals surface area contributed by atoms with E-state index in [2.05, 4.69) is 30.1 Å². The van der Waals surface area contributed by atoms with Gasteiger partial charge in [0, 0.05) is 36.3 Å². The van der Waals surface area contributed by atoms with E-state index in [1.54, 1.807) is 5.38 Å². The summed E-state index contributed by atoms with van der Waals surface area (Å²) in [4.78, 5) is 20.4. The number of carbonyl (C=O) groups is 1. The van der Waals surface area contributed by atoms with Crippen molar-refractivity contribution in [2.45, 2.75) is 28.4 Å². The van der Waals surface area contributed by atoms with Crippen LogP contribution >= 0.6 is 34.4 Å². The van der Waals surface area contributed by atoms with Crippen LogP contribution in [0.3, 0.4) is 0 Å². The number of nitrogens with one attached hydrogen (secondary N) is 2. The van der Waals surface area contributed by atoms with E-state index >= 15 is 0 Å². The van der Waals surface area contributed by atoms with Gasteiger partial charge in [0.25, 0.3) is 17.0 Å². The molecular weight excluding hydrogens is 541 g/mol. The van der Waals surface area contributed by atoms with E-state index in [0.29, 0.717) is 52.8 Å². The fourth-order valence-electron chi connectivity index (χ4n) is 3.82. The molecule has 0 unspecified atom stereocenters. The predicted octanol–water partition coefficient (Wildman–Crippen LogP) is 4.18. The van der Waals surface area contributed by atoms with Gasteiger partial charge in [-0.25, -0.2) is 18.1 Å². The van der Waals surface area contributed by atoms with Gasteiger partial charge in [-0.2, -0.15) is 0 Å². The van der Waals surface area contributed by atoms with Crippen molar-refractivity contribution >= 4 is 61.7 Å². The molecule has 36 heavy (non-hydrogen) atoms.